The molecule has 3 aromatic rings. The zero-order chi connectivity index (χ0) is 27.6. The minimum Gasteiger partial charge on any atom is -0.497 e. The molecule has 206 valence electrons. The van der Waals surface area contributed by atoms with Crippen LogP contribution in [0, 0.1) is 6.92 Å². The minimum absolute atomic E-state index is 0.129. The molecule has 5 atom stereocenters. The number of ether oxygens (including phenoxy) is 5. The number of methoxy groups -OCH3 is 2. The van der Waals surface area contributed by atoms with E-state index in [4.69, 9.17) is 23.7 Å². The maximum absolute atomic E-state index is 11.3. The number of benzene rings is 3. The standard InChI is InChI=1S/C29H33N3O6S/c1-19-4-14-24(15-5-19)39-29-26(31-32-30)28(37-17-21-8-12-23(35-3)13-9-21)27(33)25(38-29)18-36-16-20-6-10-22(34-2)11-7-20/h4-15,25-29,33H,16-18H2,1-3H3. The van der Waals surface area contributed by atoms with Gasteiger partial charge in [-0.25, -0.2) is 0 Å². The molecule has 1 aliphatic rings. The first-order valence-corrected chi connectivity index (χ1v) is 13.4. The first-order chi connectivity index (χ1) is 19.0. The highest BCUT2D eigenvalue weighted by Gasteiger charge is 2.46. The summed E-state index contributed by atoms with van der Waals surface area (Å²) in [7, 11) is 3.23. The molecule has 1 N–H and O–H groups in total. The lowest BCUT2D eigenvalue weighted by Crippen LogP contribution is -2.57. The van der Waals surface area contributed by atoms with Crippen molar-refractivity contribution in [3.63, 3.8) is 0 Å². The van der Waals surface area contributed by atoms with Crippen molar-refractivity contribution in [2.75, 3.05) is 20.8 Å². The Morgan fingerprint density at radius 1 is 0.897 bits per heavy atom. The molecule has 1 fully saturated rings. The van der Waals surface area contributed by atoms with Crippen LogP contribution in [-0.4, -0.2) is 55.7 Å². The number of aliphatic hydroxyl groups excluding tert-OH is 1. The van der Waals surface area contributed by atoms with Crippen LogP contribution in [0.4, 0.5) is 0 Å². The number of hydrogen-bond acceptors (Lipinski definition) is 8. The first kappa shape index (κ1) is 28.8. The third-order valence-corrected chi connectivity index (χ3v) is 7.58. The third kappa shape index (κ3) is 7.89. The van der Waals surface area contributed by atoms with Crippen molar-refractivity contribution in [1.29, 1.82) is 0 Å². The Morgan fingerprint density at radius 2 is 1.49 bits per heavy atom. The van der Waals surface area contributed by atoms with Gasteiger partial charge in [0.15, 0.2) is 0 Å². The fraction of sp³-hybridized carbons (Fsp3) is 0.379. The van der Waals surface area contributed by atoms with Gasteiger partial charge in [-0.15, -0.1) is 0 Å². The molecule has 0 spiro atoms. The Morgan fingerprint density at radius 3 is 2.05 bits per heavy atom. The lowest BCUT2D eigenvalue weighted by Gasteiger charge is -2.42. The molecule has 4 rings (SSSR count). The minimum atomic E-state index is -1.08. The molecule has 1 heterocycles. The van der Waals surface area contributed by atoms with E-state index >= 15 is 0 Å². The summed E-state index contributed by atoms with van der Waals surface area (Å²) in [6.07, 6.45) is -2.59. The Kier molecular flexibility index (Phi) is 10.5. The Bertz CT molecular complexity index is 1220. The van der Waals surface area contributed by atoms with E-state index in [1.165, 1.54) is 11.8 Å². The summed E-state index contributed by atoms with van der Waals surface area (Å²) >= 11 is 1.43. The Labute approximate surface area is 232 Å². The smallest absolute Gasteiger partial charge is 0.119 e. The molecule has 1 saturated heterocycles. The SMILES string of the molecule is COc1ccc(COCC2OC(Sc3ccc(C)cc3)C(N=[N+]=[N-])C(OCc3ccc(OC)cc3)C2O)cc1. The maximum atomic E-state index is 11.3. The summed E-state index contributed by atoms with van der Waals surface area (Å²) in [5.74, 6) is 1.50. The number of rotatable bonds is 12. The molecule has 0 aromatic heterocycles. The maximum Gasteiger partial charge on any atom is 0.119 e. The van der Waals surface area contributed by atoms with Crippen LogP contribution < -0.4 is 9.47 Å². The van der Waals surface area contributed by atoms with Gasteiger partial charge in [0, 0.05) is 9.81 Å². The number of aliphatic hydroxyl groups is 1. The van der Waals surface area contributed by atoms with E-state index in [0.29, 0.717) is 6.61 Å². The van der Waals surface area contributed by atoms with Crippen molar-refractivity contribution in [3.05, 3.63) is 99.9 Å². The normalized spacial score (nSPS) is 22.6. The predicted molar refractivity (Wildman–Crippen MR) is 149 cm³/mol. The molecular weight excluding hydrogens is 518 g/mol. The highest BCUT2D eigenvalue weighted by atomic mass is 32.2. The average molecular weight is 552 g/mol. The first-order valence-electron chi connectivity index (χ1n) is 12.6. The van der Waals surface area contributed by atoms with Crippen LogP contribution >= 0.6 is 11.8 Å². The molecular formula is C29H33N3O6S. The summed E-state index contributed by atoms with van der Waals surface area (Å²) in [5.41, 5.74) is 11.8. The van der Waals surface area contributed by atoms with E-state index in [-0.39, 0.29) is 13.2 Å². The fourth-order valence-electron chi connectivity index (χ4n) is 4.19. The second kappa shape index (κ2) is 14.2. The molecule has 3 aromatic carbocycles. The van der Waals surface area contributed by atoms with Crippen molar-refractivity contribution in [1.82, 2.24) is 0 Å². The number of thioether (sulfide) groups is 1. The van der Waals surface area contributed by atoms with Gasteiger partial charge in [0.1, 0.15) is 35.2 Å². The van der Waals surface area contributed by atoms with Crippen LogP contribution in [0.1, 0.15) is 16.7 Å². The summed E-state index contributed by atoms with van der Waals surface area (Å²) in [6, 6.07) is 22.3. The third-order valence-electron chi connectivity index (χ3n) is 6.41. The molecule has 5 unspecified atom stereocenters. The van der Waals surface area contributed by atoms with Crippen LogP contribution in [0.25, 0.3) is 10.4 Å². The quantitative estimate of drug-likeness (QED) is 0.175. The second-order valence-electron chi connectivity index (χ2n) is 9.15. The van der Waals surface area contributed by atoms with Crippen molar-refractivity contribution in [3.8, 4) is 11.5 Å². The summed E-state index contributed by atoms with van der Waals surface area (Å²) in [4.78, 5) is 4.00. The highest BCUT2D eigenvalue weighted by molar-refractivity contribution is 7.99. The molecule has 0 bridgehead atoms. The van der Waals surface area contributed by atoms with Gasteiger partial charge in [-0.3, -0.25) is 0 Å². The van der Waals surface area contributed by atoms with E-state index in [9.17, 15) is 10.6 Å². The van der Waals surface area contributed by atoms with Gasteiger partial charge in [-0.2, -0.15) is 0 Å². The van der Waals surface area contributed by atoms with Gasteiger partial charge in [0.2, 0.25) is 0 Å². The Hall–Kier alpha value is -3.24. The summed E-state index contributed by atoms with van der Waals surface area (Å²) in [6.45, 7) is 2.70. The van der Waals surface area contributed by atoms with Gasteiger partial charge >= 0.3 is 0 Å². The highest BCUT2D eigenvalue weighted by Crippen LogP contribution is 2.37. The van der Waals surface area contributed by atoms with E-state index in [2.05, 4.69) is 10.0 Å². The van der Waals surface area contributed by atoms with Crippen molar-refractivity contribution in [2.24, 2.45) is 5.11 Å². The number of nitrogens with zero attached hydrogens (tertiary/aromatic N) is 3. The molecule has 1 aliphatic heterocycles. The Balaban J connectivity index is 1.50. The van der Waals surface area contributed by atoms with Crippen molar-refractivity contribution < 1.29 is 28.8 Å². The molecule has 0 aliphatic carbocycles. The van der Waals surface area contributed by atoms with Crippen LogP contribution in [-0.2, 0) is 27.4 Å². The van der Waals surface area contributed by atoms with Crippen LogP contribution in [0.5, 0.6) is 11.5 Å². The average Bonchev–Trinajstić information content (AvgIpc) is 2.96. The van der Waals surface area contributed by atoms with Crippen molar-refractivity contribution >= 4 is 11.8 Å². The number of azide groups is 1. The van der Waals surface area contributed by atoms with Crippen LogP contribution in [0.2, 0.25) is 0 Å². The molecule has 9 nitrogen and oxygen atoms in total. The summed E-state index contributed by atoms with van der Waals surface area (Å²) in [5, 5.41) is 15.3. The molecule has 10 heteroatoms. The topological polar surface area (TPSA) is 115 Å². The van der Waals surface area contributed by atoms with E-state index in [0.717, 1.165) is 33.1 Å². The lowest BCUT2D eigenvalue weighted by atomic mass is 9.98. The van der Waals surface area contributed by atoms with Crippen LogP contribution in [0.15, 0.2) is 82.8 Å². The molecule has 0 amide bonds. The number of hydrogen-bond donors (Lipinski definition) is 1. The summed E-state index contributed by atoms with van der Waals surface area (Å²) < 4.78 is 28.9. The van der Waals surface area contributed by atoms with Gasteiger partial charge in [0.05, 0.1) is 40.1 Å². The van der Waals surface area contributed by atoms with Crippen molar-refractivity contribution in [2.45, 2.75) is 54.8 Å². The predicted octanol–water partition coefficient (Wildman–Crippen LogP) is 5.67. The zero-order valence-corrected chi connectivity index (χ0v) is 23.0. The van der Waals surface area contributed by atoms with E-state index in [1.807, 2.05) is 79.7 Å². The van der Waals surface area contributed by atoms with E-state index in [1.54, 1.807) is 14.2 Å². The molecule has 0 saturated carbocycles. The lowest BCUT2D eigenvalue weighted by molar-refractivity contribution is -0.190. The molecule has 0 radical (unpaired) electrons. The second-order valence-corrected chi connectivity index (χ2v) is 10.3. The largest absolute Gasteiger partial charge is 0.497 e. The van der Waals surface area contributed by atoms with Gasteiger partial charge in [0.25, 0.3) is 0 Å². The van der Waals surface area contributed by atoms with Gasteiger partial charge < -0.3 is 28.8 Å². The zero-order valence-electron chi connectivity index (χ0n) is 22.2. The number of aryl methyl sites for hydroxylation is 1. The molecule has 39 heavy (non-hydrogen) atoms. The van der Waals surface area contributed by atoms with Crippen LogP contribution in [0.3, 0.4) is 0 Å². The van der Waals surface area contributed by atoms with Gasteiger partial charge in [-0.1, -0.05) is 58.8 Å². The fourth-order valence-corrected chi connectivity index (χ4v) is 5.30. The van der Waals surface area contributed by atoms with E-state index < -0.39 is 29.8 Å². The monoisotopic (exact) mass is 551 g/mol. The van der Waals surface area contributed by atoms with Gasteiger partial charge in [-0.05, 0) is 60.0 Å².